The van der Waals surface area contributed by atoms with Crippen LogP contribution in [0.15, 0.2) is 30.3 Å². The molecular weight excluding hydrogens is 244 g/mol. The molecule has 1 aromatic carbocycles. The average molecular weight is 274 g/mol. The van der Waals surface area contributed by atoms with Gasteiger partial charge in [0, 0.05) is 12.1 Å². The van der Waals surface area contributed by atoms with E-state index in [2.05, 4.69) is 56.0 Å². The highest BCUT2D eigenvalue weighted by molar-refractivity contribution is 5.20. The van der Waals surface area contributed by atoms with Gasteiger partial charge >= 0.3 is 0 Å². The lowest BCUT2D eigenvalue weighted by molar-refractivity contribution is 0.0760. The maximum atomic E-state index is 6.04. The Bertz CT molecular complexity index is 388. The van der Waals surface area contributed by atoms with Gasteiger partial charge in [-0.3, -0.25) is 4.90 Å². The molecule has 0 heterocycles. The van der Waals surface area contributed by atoms with Crippen molar-refractivity contribution >= 4 is 0 Å². The van der Waals surface area contributed by atoms with E-state index in [4.69, 9.17) is 5.73 Å². The fourth-order valence-corrected chi connectivity index (χ4v) is 3.90. The van der Waals surface area contributed by atoms with E-state index in [1.165, 1.54) is 24.8 Å². The summed E-state index contributed by atoms with van der Waals surface area (Å²) in [5.74, 6) is 1.37. The van der Waals surface area contributed by atoms with Crippen molar-refractivity contribution in [2.75, 3.05) is 13.1 Å². The van der Waals surface area contributed by atoms with Gasteiger partial charge in [0.1, 0.15) is 0 Å². The number of rotatable bonds is 5. The third-order valence-electron chi connectivity index (χ3n) is 4.98. The molecule has 0 aliphatic heterocycles. The van der Waals surface area contributed by atoms with Gasteiger partial charge in [-0.05, 0) is 63.6 Å². The van der Waals surface area contributed by atoms with E-state index in [0.717, 1.165) is 13.1 Å². The van der Waals surface area contributed by atoms with Crippen molar-refractivity contribution in [3.63, 3.8) is 0 Å². The Morgan fingerprint density at radius 2 is 1.90 bits per heavy atom. The predicted molar refractivity (Wildman–Crippen MR) is 86.9 cm³/mol. The van der Waals surface area contributed by atoms with E-state index in [9.17, 15) is 0 Å². The van der Waals surface area contributed by atoms with Crippen LogP contribution in [-0.2, 0) is 0 Å². The first-order valence-corrected chi connectivity index (χ1v) is 8.18. The second kappa shape index (κ2) is 7.24. The topological polar surface area (TPSA) is 29.3 Å². The number of benzene rings is 1. The lowest BCUT2D eigenvalue weighted by Gasteiger charge is -2.44. The summed E-state index contributed by atoms with van der Waals surface area (Å²) in [5.41, 5.74) is 7.55. The van der Waals surface area contributed by atoms with Crippen LogP contribution in [0.5, 0.6) is 0 Å². The summed E-state index contributed by atoms with van der Waals surface area (Å²) in [6.45, 7) is 8.85. The highest BCUT2D eigenvalue weighted by atomic mass is 15.2. The third kappa shape index (κ3) is 3.42. The molecule has 20 heavy (non-hydrogen) atoms. The van der Waals surface area contributed by atoms with Gasteiger partial charge in [0.15, 0.2) is 0 Å². The smallest absolute Gasteiger partial charge is 0.0144 e. The second-order valence-corrected chi connectivity index (χ2v) is 6.41. The molecule has 1 aliphatic rings. The van der Waals surface area contributed by atoms with Crippen LogP contribution in [0, 0.1) is 5.92 Å². The molecule has 3 unspecified atom stereocenters. The standard InChI is InChI=1S/C18H30N2/c1-4-20(14(2)3)18-12-16(10-11-17(18)13-19)15-8-6-5-7-9-15/h5-9,14,16-18H,4,10-13,19H2,1-3H3. The van der Waals surface area contributed by atoms with Crippen molar-refractivity contribution in [2.24, 2.45) is 11.7 Å². The summed E-state index contributed by atoms with van der Waals surface area (Å²) in [6, 6.07) is 12.3. The molecule has 112 valence electrons. The van der Waals surface area contributed by atoms with Crippen LogP contribution in [-0.4, -0.2) is 30.1 Å². The SMILES string of the molecule is CCN(C(C)C)C1CC(c2ccccc2)CCC1CN. The van der Waals surface area contributed by atoms with Gasteiger partial charge in [-0.25, -0.2) is 0 Å². The molecule has 0 spiro atoms. The molecule has 2 heteroatoms. The normalized spacial score (nSPS) is 27.2. The van der Waals surface area contributed by atoms with Crippen molar-refractivity contribution < 1.29 is 0 Å². The molecule has 0 aromatic heterocycles. The summed E-state index contributed by atoms with van der Waals surface area (Å²) in [4.78, 5) is 2.65. The zero-order valence-corrected chi connectivity index (χ0v) is 13.3. The van der Waals surface area contributed by atoms with Crippen molar-refractivity contribution in [2.45, 2.75) is 58.0 Å². The number of hydrogen-bond donors (Lipinski definition) is 1. The van der Waals surface area contributed by atoms with Gasteiger partial charge < -0.3 is 5.73 Å². The van der Waals surface area contributed by atoms with Gasteiger partial charge in [0.05, 0.1) is 0 Å². The molecule has 2 N–H and O–H groups in total. The van der Waals surface area contributed by atoms with Crippen LogP contribution in [0.2, 0.25) is 0 Å². The number of hydrogen-bond acceptors (Lipinski definition) is 2. The minimum Gasteiger partial charge on any atom is -0.330 e. The Morgan fingerprint density at radius 3 is 2.45 bits per heavy atom. The molecule has 2 nitrogen and oxygen atoms in total. The highest BCUT2D eigenvalue weighted by Crippen LogP contribution is 2.38. The molecule has 1 saturated carbocycles. The third-order valence-corrected chi connectivity index (χ3v) is 4.98. The molecule has 1 aromatic rings. The van der Waals surface area contributed by atoms with Crippen molar-refractivity contribution in [3.05, 3.63) is 35.9 Å². The van der Waals surface area contributed by atoms with Crippen molar-refractivity contribution in [3.8, 4) is 0 Å². The van der Waals surface area contributed by atoms with Gasteiger partial charge in [-0.2, -0.15) is 0 Å². The molecule has 1 aliphatic carbocycles. The summed E-state index contributed by atoms with van der Waals surface area (Å²) >= 11 is 0. The Balaban J connectivity index is 2.15. The van der Waals surface area contributed by atoms with E-state index in [1.807, 2.05) is 0 Å². The molecule has 0 bridgehead atoms. The van der Waals surface area contributed by atoms with Crippen LogP contribution in [0.3, 0.4) is 0 Å². The molecule has 2 rings (SSSR count). The first-order chi connectivity index (χ1) is 9.67. The second-order valence-electron chi connectivity index (χ2n) is 6.41. The van der Waals surface area contributed by atoms with Gasteiger partial charge in [0.25, 0.3) is 0 Å². The summed E-state index contributed by atoms with van der Waals surface area (Å²) in [7, 11) is 0. The maximum Gasteiger partial charge on any atom is 0.0144 e. The minimum absolute atomic E-state index is 0.605. The number of nitrogens with zero attached hydrogens (tertiary/aromatic N) is 1. The van der Waals surface area contributed by atoms with Crippen LogP contribution in [0.4, 0.5) is 0 Å². The highest BCUT2D eigenvalue weighted by Gasteiger charge is 2.34. The predicted octanol–water partition coefficient (Wildman–Crippen LogP) is 3.63. The van der Waals surface area contributed by atoms with E-state index < -0.39 is 0 Å². The first-order valence-electron chi connectivity index (χ1n) is 8.18. The zero-order valence-electron chi connectivity index (χ0n) is 13.3. The van der Waals surface area contributed by atoms with E-state index in [0.29, 0.717) is 23.9 Å². The van der Waals surface area contributed by atoms with Crippen LogP contribution >= 0.6 is 0 Å². The van der Waals surface area contributed by atoms with Gasteiger partial charge in [-0.15, -0.1) is 0 Å². The minimum atomic E-state index is 0.605. The lowest BCUT2D eigenvalue weighted by atomic mass is 9.74. The van der Waals surface area contributed by atoms with Crippen LogP contribution < -0.4 is 5.73 Å². The van der Waals surface area contributed by atoms with E-state index in [1.54, 1.807) is 0 Å². The fourth-order valence-electron chi connectivity index (χ4n) is 3.90. The maximum absolute atomic E-state index is 6.04. The molecule has 1 fully saturated rings. The van der Waals surface area contributed by atoms with Gasteiger partial charge in [0.2, 0.25) is 0 Å². The average Bonchev–Trinajstić information content (AvgIpc) is 2.48. The first kappa shape index (κ1) is 15.5. The van der Waals surface area contributed by atoms with Crippen molar-refractivity contribution in [1.29, 1.82) is 0 Å². The number of nitrogens with two attached hydrogens (primary N) is 1. The summed E-state index contributed by atoms with van der Waals surface area (Å²) in [5, 5.41) is 0. The van der Waals surface area contributed by atoms with E-state index >= 15 is 0 Å². The molecular formula is C18H30N2. The van der Waals surface area contributed by atoms with Gasteiger partial charge in [-0.1, -0.05) is 37.3 Å². The summed E-state index contributed by atoms with van der Waals surface area (Å²) in [6.07, 6.45) is 3.82. The zero-order chi connectivity index (χ0) is 14.5. The van der Waals surface area contributed by atoms with Crippen LogP contribution in [0.25, 0.3) is 0 Å². The Labute approximate surface area is 124 Å². The lowest BCUT2D eigenvalue weighted by Crippen LogP contribution is -2.49. The Morgan fingerprint density at radius 1 is 1.20 bits per heavy atom. The van der Waals surface area contributed by atoms with Crippen LogP contribution in [0.1, 0.15) is 51.5 Å². The quantitative estimate of drug-likeness (QED) is 0.888. The largest absolute Gasteiger partial charge is 0.330 e. The molecule has 0 radical (unpaired) electrons. The monoisotopic (exact) mass is 274 g/mol. The summed E-state index contributed by atoms with van der Waals surface area (Å²) < 4.78 is 0. The Kier molecular flexibility index (Phi) is 5.62. The molecule has 0 amide bonds. The van der Waals surface area contributed by atoms with E-state index in [-0.39, 0.29) is 0 Å². The molecule has 0 saturated heterocycles. The Hall–Kier alpha value is -0.860. The fraction of sp³-hybridized carbons (Fsp3) is 0.667. The molecule has 3 atom stereocenters. The van der Waals surface area contributed by atoms with Crippen molar-refractivity contribution in [1.82, 2.24) is 4.90 Å².